The van der Waals surface area contributed by atoms with Crippen LogP contribution in [-0.2, 0) is 9.78 Å². The van der Waals surface area contributed by atoms with Gasteiger partial charge in [0.2, 0.25) is 0 Å². The van der Waals surface area contributed by atoms with E-state index in [0.717, 1.165) is 39.0 Å². The lowest BCUT2D eigenvalue weighted by atomic mass is 9.90. The summed E-state index contributed by atoms with van der Waals surface area (Å²) in [5.41, 5.74) is 0.0885. The first-order valence-electron chi connectivity index (χ1n) is 3.93. The normalized spacial score (nSPS) is 31.2. The first kappa shape index (κ1) is 6.58. The molecule has 0 aliphatic carbocycles. The zero-order valence-corrected chi connectivity index (χ0v) is 6.06. The molecule has 0 aromatic heterocycles. The molecule has 0 radical (unpaired) electrons. The van der Waals surface area contributed by atoms with Gasteiger partial charge in [0.15, 0.2) is 0 Å². The summed E-state index contributed by atoms with van der Waals surface area (Å²) in [6, 6.07) is 0. The Kier molecular flexibility index (Phi) is 1.64. The number of rotatable bonds is 0. The van der Waals surface area contributed by atoms with Crippen LogP contribution in [0.15, 0.2) is 0 Å². The molecule has 0 atom stereocenters. The van der Waals surface area contributed by atoms with E-state index in [1.807, 2.05) is 0 Å². The van der Waals surface area contributed by atoms with E-state index < -0.39 is 0 Å². The van der Waals surface area contributed by atoms with Crippen molar-refractivity contribution in [3.05, 3.63) is 0 Å². The molecular weight excluding hydrogens is 130 g/mol. The van der Waals surface area contributed by atoms with Gasteiger partial charge in [-0.05, 0) is 25.9 Å². The van der Waals surface area contributed by atoms with Gasteiger partial charge in [-0.2, -0.15) is 0 Å². The topological polar surface area (TPSA) is 30.5 Å². The molecule has 0 aromatic rings. The molecule has 2 heterocycles. The van der Waals surface area contributed by atoms with E-state index in [9.17, 15) is 0 Å². The third-order valence-corrected chi connectivity index (χ3v) is 2.39. The van der Waals surface area contributed by atoms with Gasteiger partial charge in [0.25, 0.3) is 0 Å². The standard InChI is InChI=1S/C7H13NO2/c1-4-8-5-2-7(1)3-6-9-10-7/h8H,1-6H2. The molecule has 0 saturated carbocycles. The summed E-state index contributed by atoms with van der Waals surface area (Å²) >= 11 is 0. The highest BCUT2D eigenvalue weighted by Crippen LogP contribution is 2.31. The minimum atomic E-state index is 0.0885. The van der Waals surface area contributed by atoms with Crippen LogP contribution in [0.3, 0.4) is 0 Å². The average Bonchev–Trinajstić information content (AvgIpc) is 2.39. The molecule has 2 fully saturated rings. The number of hydrogen-bond acceptors (Lipinski definition) is 3. The zero-order chi connectivity index (χ0) is 6.86. The number of hydrogen-bond donors (Lipinski definition) is 1. The highest BCUT2D eigenvalue weighted by molar-refractivity contribution is 4.86. The Labute approximate surface area is 60.6 Å². The van der Waals surface area contributed by atoms with Crippen LogP contribution in [0.1, 0.15) is 19.3 Å². The van der Waals surface area contributed by atoms with Gasteiger partial charge in [-0.3, -0.25) is 0 Å². The molecule has 2 aliphatic rings. The minimum absolute atomic E-state index is 0.0885. The Bertz CT molecular complexity index is 113. The maximum absolute atomic E-state index is 5.24. The Morgan fingerprint density at radius 2 is 1.90 bits per heavy atom. The molecule has 58 valence electrons. The van der Waals surface area contributed by atoms with Gasteiger partial charge >= 0.3 is 0 Å². The maximum Gasteiger partial charge on any atom is 0.108 e. The molecule has 0 aromatic carbocycles. The van der Waals surface area contributed by atoms with E-state index in [4.69, 9.17) is 9.78 Å². The molecule has 3 nitrogen and oxygen atoms in total. The molecule has 0 bridgehead atoms. The second-order valence-electron chi connectivity index (χ2n) is 3.09. The first-order valence-corrected chi connectivity index (χ1v) is 3.93. The fraction of sp³-hybridized carbons (Fsp3) is 1.00. The van der Waals surface area contributed by atoms with Crippen molar-refractivity contribution in [3.8, 4) is 0 Å². The predicted molar refractivity (Wildman–Crippen MR) is 36.5 cm³/mol. The lowest BCUT2D eigenvalue weighted by Crippen LogP contribution is -2.41. The van der Waals surface area contributed by atoms with Crippen LogP contribution in [0.25, 0.3) is 0 Å². The second-order valence-corrected chi connectivity index (χ2v) is 3.09. The SMILES string of the molecule is C1CC2(CCN1)CCOO2. The monoisotopic (exact) mass is 143 g/mol. The van der Waals surface area contributed by atoms with E-state index in [-0.39, 0.29) is 5.60 Å². The van der Waals surface area contributed by atoms with Gasteiger partial charge in [0, 0.05) is 6.42 Å². The van der Waals surface area contributed by atoms with Crippen LogP contribution >= 0.6 is 0 Å². The number of nitrogens with one attached hydrogen (secondary N) is 1. The third-order valence-electron chi connectivity index (χ3n) is 2.39. The van der Waals surface area contributed by atoms with Crippen LogP contribution in [-0.4, -0.2) is 25.3 Å². The van der Waals surface area contributed by atoms with Crippen LogP contribution in [0.5, 0.6) is 0 Å². The highest BCUT2D eigenvalue weighted by atomic mass is 17.2. The lowest BCUT2D eigenvalue weighted by molar-refractivity contribution is -0.313. The molecule has 1 N–H and O–H groups in total. The van der Waals surface area contributed by atoms with Crippen molar-refractivity contribution in [3.63, 3.8) is 0 Å². The third kappa shape index (κ3) is 1.05. The Balaban J connectivity index is 1.98. The van der Waals surface area contributed by atoms with Crippen LogP contribution in [0.4, 0.5) is 0 Å². The molecule has 3 heteroatoms. The molecule has 2 saturated heterocycles. The summed E-state index contributed by atoms with van der Waals surface area (Å²) in [5, 5.41) is 3.30. The van der Waals surface area contributed by atoms with Gasteiger partial charge in [-0.1, -0.05) is 0 Å². The smallest absolute Gasteiger partial charge is 0.108 e. The summed E-state index contributed by atoms with van der Waals surface area (Å²) in [6.45, 7) is 2.92. The maximum atomic E-state index is 5.24. The quantitative estimate of drug-likeness (QED) is 0.500. The van der Waals surface area contributed by atoms with Crippen molar-refractivity contribution in [1.29, 1.82) is 0 Å². The lowest BCUT2D eigenvalue weighted by Gasteiger charge is -2.29. The van der Waals surface area contributed by atoms with Crippen molar-refractivity contribution in [2.24, 2.45) is 0 Å². The van der Waals surface area contributed by atoms with Crippen molar-refractivity contribution >= 4 is 0 Å². The summed E-state index contributed by atoms with van der Waals surface area (Å²) in [7, 11) is 0. The zero-order valence-electron chi connectivity index (χ0n) is 6.06. The molecule has 10 heavy (non-hydrogen) atoms. The summed E-state index contributed by atoms with van der Waals surface area (Å²) in [6.07, 6.45) is 3.29. The highest BCUT2D eigenvalue weighted by Gasteiger charge is 2.37. The second kappa shape index (κ2) is 2.49. The largest absolute Gasteiger partial charge is 0.317 e. The van der Waals surface area contributed by atoms with Crippen molar-refractivity contribution < 1.29 is 9.78 Å². The van der Waals surface area contributed by atoms with E-state index in [1.54, 1.807) is 0 Å². The van der Waals surface area contributed by atoms with Crippen LogP contribution < -0.4 is 5.32 Å². The minimum Gasteiger partial charge on any atom is -0.317 e. The summed E-state index contributed by atoms with van der Waals surface area (Å²) < 4.78 is 0. The van der Waals surface area contributed by atoms with Gasteiger partial charge in [-0.15, -0.1) is 0 Å². The van der Waals surface area contributed by atoms with E-state index in [1.165, 1.54) is 0 Å². The Morgan fingerprint density at radius 1 is 1.10 bits per heavy atom. The Hall–Kier alpha value is -0.120. The fourth-order valence-electron chi connectivity index (χ4n) is 1.65. The summed E-state index contributed by atoms with van der Waals surface area (Å²) in [5.74, 6) is 0. The Morgan fingerprint density at radius 3 is 2.50 bits per heavy atom. The van der Waals surface area contributed by atoms with Gasteiger partial charge in [0.05, 0.1) is 6.61 Å². The molecule has 0 unspecified atom stereocenters. The van der Waals surface area contributed by atoms with Gasteiger partial charge in [-0.25, -0.2) is 9.78 Å². The fourth-order valence-corrected chi connectivity index (χ4v) is 1.65. The van der Waals surface area contributed by atoms with Crippen LogP contribution in [0.2, 0.25) is 0 Å². The molecular formula is C7H13NO2. The van der Waals surface area contributed by atoms with E-state index >= 15 is 0 Å². The van der Waals surface area contributed by atoms with Gasteiger partial charge in [0.1, 0.15) is 5.60 Å². The van der Waals surface area contributed by atoms with Gasteiger partial charge < -0.3 is 5.32 Å². The van der Waals surface area contributed by atoms with Crippen molar-refractivity contribution in [1.82, 2.24) is 5.32 Å². The number of piperidine rings is 1. The summed E-state index contributed by atoms with van der Waals surface area (Å²) in [4.78, 5) is 10.2. The molecule has 1 spiro atoms. The predicted octanol–water partition coefficient (Wildman–Crippen LogP) is 0.460. The average molecular weight is 143 g/mol. The van der Waals surface area contributed by atoms with Crippen molar-refractivity contribution in [2.45, 2.75) is 24.9 Å². The molecule has 0 amide bonds. The van der Waals surface area contributed by atoms with E-state index in [2.05, 4.69) is 5.32 Å². The first-order chi connectivity index (χ1) is 4.91. The molecule has 2 aliphatic heterocycles. The van der Waals surface area contributed by atoms with E-state index in [0.29, 0.717) is 0 Å². The van der Waals surface area contributed by atoms with Crippen LogP contribution in [0, 0.1) is 0 Å². The molecule has 2 rings (SSSR count). The van der Waals surface area contributed by atoms with Crippen molar-refractivity contribution in [2.75, 3.05) is 19.7 Å².